The molecule has 0 aromatic heterocycles. The zero-order chi connectivity index (χ0) is 22.6. The molecule has 3 aliphatic carbocycles. The molecular formula is C27H41NO2Si. The molecule has 2 fully saturated rings. The molecule has 0 heterocycles. The highest BCUT2D eigenvalue weighted by molar-refractivity contribution is 6.74. The Morgan fingerprint density at radius 2 is 2.00 bits per heavy atom. The van der Waals surface area contributed by atoms with Crippen LogP contribution >= 0.6 is 0 Å². The Kier molecular flexibility index (Phi) is 5.86. The third-order valence-corrected chi connectivity index (χ3v) is 13.6. The maximum atomic E-state index is 11.1. The lowest BCUT2D eigenvalue weighted by Crippen LogP contribution is -2.44. The van der Waals surface area contributed by atoms with Crippen molar-refractivity contribution in [1.82, 2.24) is 0 Å². The number of aliphatic hydroxyl groups excluding tert-OH is 1. The molecule has 0 saturated heterocycles. The summed E-state index contributed by atoms with van der Waals surface area (Å²) >= 11 is 0. The van der Waals surface area contributed by atoms with Crippen LogP contribution in [0, 0.1) is 35.0 Å². The Bertz CT molecular complexity index is 893. The minimum atomic E-state index is -1.83. The highest BCUT2D eigenvalue weighted by Gasteiger charge is 2.57. The standard InChI is InChI=1S/C27H41NO2Si/c1-26(2,3)31(5,6)30-20-10-12-21-18(16-20)9-11-23-22(21)13-14-27(4)24(23)17-19(25(27)29)8-7-15-28/h10,12,16,19,22-25,29H,9,11,13-15,17,28H2,1-6H3/t19-,22-,23-,24+,25+,27+/m1/s1. The fraction of sp³-hybridized carbons (Fsp3) is 0.704. The molecule has 3 N–H and O–H groups in total. The minimum absolute atomic E-state index is 0.00198. The van der Waals surface area contributed by atoms with Crippen LogP contribution in [0.4, 0.5) is 0 Å². The average molecular weight is 440 g/mol. The van der Waals surface area contributed by atoms with Gasteiger partial charge < -0.3 is 15.3 Å². The van der Waals surface area contributed by atoms with E-state index in [0.29, 0.717) is 24.3 Å². The number of nitrogens with two attached hydrogens (primary N) is 1. The molecule has 0 amide bonds. The van der Waals surface area contributed by atoms with Crippen LogP contribution in [0.5, 0.6) is 5.75 Å². The first-order valence-electron chi connectivity index (χ1n) is 12.2. The summed E-state index contributed by atoms with van der Waals surface area (Å²) in [7, 11) is -1.83. The molecule has 4 heteroatoms. The fourth-order valence-electron chi connectivity index (χ4n) is 6.42. The Morgan fingerprint density at radius 3 is 2.68 bits per heavy atom. The molecule has 31 heavy (non-hydrogen) atoms. The third-order valence-electron chi connectivity index (χ3n) is 9.27. The first-order valence-corrected chi connectivity index (χ1v) is 15.1. The molecule has 3 nitrogen and oxygen atoms in total. The van der Waals surface area contributed by atoms with E-state index in [4.69, 9.17) is 10.2 Å². The van der Waals surface area contributed by atoms with Crippen molar-refractivity contribution in [2.24, 2.45) is 28.9 Å². The average Bonchev–Trinajstić information content (AvgIpc) is 2.95. The first-order chi connectivity index (χ1) is 14.5. The maximum Gasteiger partial charge on any atom is 0.250 e. The van der Waals surface area contributed by atoms with E-state index in [-0.39, 0.29) is 22.5 Å². The van der Waals surface area contributed by atoms with Gasteiger partial charge in [0.05, 0.1) is 12.6 Å². The van der Waals surface area contributed by atoms with Crippen LogP contribution in [-0.2, 0) is 6.42 Å². The number of benzene rings is 1. The Morgan fingerprint density at radius 1 is 1.26 bits per heavy atom. The summed E-state index contributed by atoms with van der Waals surface area (Å²) in [6.45, 7) is 14.2. The SMILES string of the molecule is CC(C)(C)[Si](C)(C)Oc1ccc2c(c1)CC[C@@H]1[C@@H]2CC[C@]2(C)[C@@H](O)[C@H](C#CCN)C[C@@H]12. The zero-order valence-corrected chi connectivity index (χ0v) is 21.3. The summed E-state index contributed by atoms with van der Waals surface area (Å²) in [6, 6.07) is 6.90. The van der Waals surface area contributed by atoms with Gasteiger partial charge in [0.2, 0.25) is 8.32 Å². The molecule has 0 unspecified atom stereocenters. The predicted molar refractivity (Wildman–Crippen MR) is 131 cm³/mol. The fourth-order valence-corrected chi connectivity index (χ4v) is 7.44. The lowest BCUT2D eigenvalue weighted by Gasteiger charge is -2.50. The van der Waals surface area contributed by atoms with Gasteiger partial charge in [-0.25, -0.2) is 0 Å². The minimum Gasteiger partial charge on any atom is -0.543 e. The van der Waals surface area contributed by atoms with E-state index in [2.05, 4.69) is 70.8 Å². The highest BCUT2D eigenvalue weighted by Crippen LogP contribution is 2.62. The second kappa shape index (κ2) is 7.94. The number of aliphatic hydroxyl groups is 1. The second-order valence-electron chi connectivity index (χ2n) is 12.0. The highest BCUT2D eigenvalue weighted by atomic mass is 28.4. The van der Waals surface area contributed by atoms with Gasteiger partial charge in [-0.3, -0.25) is 0 Å². The van der Waals surface area contributed by atoms with E-state index in [1.165, 1.54) is 24.0 Å². The topological polar surface area (TPSA) is 55.5 Å². The monoisotopic (exact) mass is 439 g/mol. The summed E-state index contributed by atoms with van der Waals surface area (Å²) in [4.78, 5) is 0. The molecule has 170 valence electrons. The summed E-state index contributed by atoms with van der Waals surface area (Å²) in [5.41, 5.74) is 8.62. The van der Waals surface area contributed by atoms with E-state index >= 15 is 0 Å². The van der Waals surface area contributed by atoms with Crippen LogP contribution in [-0.4, -0.2) is 26.1 Å². The molecule has 0 aliphatic heterocycles. The van der Waals surface area contributed by atoms with Crippen molar-refractivity contribution in [2.45, 2.75) is 90.0 Å². The Hall–Kier alpha value is -1.28. The maximum absolute atomic E-state index is 11.1. The summed E-state index contributed by atoms with van der Waals surface area (Å²) < 4.78 is 6.60. The van der Waals surface area contributed by atoms with Crippen molar-refractivity contribution in [1.29, 1.82) is 0 Å². The van der Waals surface area contributed by atoms with E-state index in [9.17, 15) is 5.11 Å². The zero-order valence-electron chi connectivity index (χ0n) is 20.3. The third kappa shape index (κ3) is 3.88. The predicted octanol–water partition coefficient (Wildman–Crippen LogP) is 5.48. The quantitative estimate of drug-likeness (QED) is 0.474. The summed E-state index contributed by atoms with van der Waals surface area (Å²) in [6.07, 6.45) is 5.29. The Labute approximate surface area is 190 Å². The van der Waals surface area contributed by atoms with Crippen LogP contribution in [0.25, 0.3) is 0 Å². The van der Waals surface area contributed by atoms with Crippen molar-refractivity contribution < 1.29 is 9.53 Å². The largest absolute Gasteiger partial charge is 0.543 e. The van der Waals surface area contributed by atoms with Gasteiger partial charge in [-0.05, 0) is 96.7 Å². The van der Waals surface area contributed by atoms with Gasteiger partial charge in [-0.2, -0.15) is 0 Å². The summed E-state index contributed by atoms with van der Waals surface area (Å²) in [5, 5.41) is 11.3. The summed E-state index contributed by atoms with van der Waals surface area (Å²) in [5.74, 6) is 9.25. The smallest absolute Gasteiger partial charge is 0.250 e. The van der Waals surface area contributed by atoms with E-state index in [1.54, 1.807) is 0 Å². The molecule has 4 rings (SSSR count). The molecule has 1 aromatic rings. The van der Waals surface area contributed by atoms with Gasteiger partial charge >= 0.3 is 0 Å². The second-order valence-corrected chi connectivity index (χ2v) is 16.7. The molecule has 3 aliphatic rings. The van der Waals surface area contributed by atoms with Gasteiger partial charge in [0.25, 0.3) is 0 Å². The van der Waals surface area contributed by atoms with Crippen LogP contribution in [0.1, 0.15) is 70.4 Å². The molecule has 1 aromatic carbocycles. The van der Waals surface area contributed by atoms with Crippen molar-refractivity contribution in [3.8, 4) is 17.6 Å². The van der Waals surface area contributed by atoms with Crippen molar-refractivity contribution >= 4 is 8.32 Å². The van der Waals surface area contributed by atoms with Crippen molar-refractivity contribution in [3.05, 3.63) is 29.3 Å². The van der Waals surface area contributed by atoms with Crippen molar-refractivity contribution in [2.75, 3.05) is 6.54 Å². The number of aryl methyl sites for hydroxylation is 1. The van der Waals surface area contributed by atoms with Gasteiger partial charge in [0, 0.05) is 5.92 Å². The van der Waals surface area contributed by atoms with Gasteiger partial charge in [0.1, 0.15) is 5.75 Å². The van der Waals surface area contributed by atoms with E-state index < -0.39 is 8.32 Å². The van der Waals surface area contributed by atoms with Crippen LogP contribution in [0.2, 0.25) is 18.1 Å². The molecule has 6 atom stereocenters. The van der Waals surface area contributed by atoms with E-state index in [1.807, 2.05) is 0 Å². The number of hydrogen-bond donors (Lipinski definition) is 2. The lowest BCUT2D eigenvalue weighted by molar-refractivity contribution is -0.0278. The van der Waals surface area contributed by atoms with Gasteiger partial charge in [0.15, 0.2) is 0 Å². The molecule has 0 spiro atoms. The van der Waals surface area contributed by atoms with Crippen molar-refractivity contribution in [3.63, 3.8) is 0 Å². The normalized spacial score (nSPS) is 34.8. The van der Waals surface area contributed by atoms with Crippen LogP contribution in [0.3, 0.4) is 0 Å². The number of fused-ring (bicyclic) bond motifs is 5. The molecule has 0 radical (unpaired) electrons. The van der Waals surface area contributed by atoms with Gasteiger partial charge in [-0.1, -0.05) is 45.6 Å². The molecular weight excluding hydrogens is 398 g/mol. The van der Waals surface area contributed by atoms with Crippen LogP contribution in [0.15, 0.2) is 18.2 Å². The first kappa shape index (κ1) is 22.9. The van der Waals surface area contributed by atoms with Gasteiger partial charge in [-0.15, -0.1) is 0 Å². The molecule has 2 saturated carbocycles. The Balaban J connectivity index is 1.57. The molecule has 0 bridgehead atoms. The van der Waals surface area contributed by atoms with Crippen LogP contribution < -0.4 is 10.2 Å². The number of rotatable bonds is 2. The lowest BCUT2D eigenvalue weighted by atomic mass is 9.55. The number of hydrogen-bond acceptors (Lipinski definition) is 3. The van der Waals surface area contributed by atoms with E-state index in [0.717, 1.165) is 25.0 Å².